The van der Waals surface area contributed by atoms with E-state index in [9.17, 15) is 4.79 Å². The molecular weight excluding hydrogens is 286 g/mol. The summed E-state index contributed by atoms with van der Waals surface area (Å²) in [7, 11) is 1.66. The Morgan fingerprint density at radius 2 is 1.87 bits per heavy atom. The predicted molar refractivity (Wildman–Crippen MR) is 92.1 cm³/mol. The zero-order valence-corrected chi connectivity index (χ0v) is 13.3. The number of fused-ring (bicyclic) bond motifs is 1. The van der Waals surface area contributed by atoms with E-state index in [1.54, 1.807) is 7.11 Å². The molecule has 4 rings (SSSR count). The second-order valence-corrected chi connectivity index (χ2v) is 6.29. The van der Waals surface area contributed by atoms with Crippen LogP contribution in [0.1, 0.15) is 28.8 Å². The Morgan fingerprint density at radius 1 is 1.13 bits per heavy atom. The molecule has 2 aromatic carbocycles. The van der Waals surface area contributed by atoms with E-state index in [2.05, 4.69) is 30.1 Å². The van der Waals surface area contributed by atoms with Gasteiger partial charge in [-0.3, -0.25) is 4.79 Å². The minimum absolute atomic E-state index is 0.200. The number of carbonyl (C=O) groups excluding carboxylic acids is 1. The van der Waals surface area contributed by atoms with Gasteiger partial charge >= 0.3 is 0 Å². The SMILES string of the molecule is COc1ccc(-c2[nH]c3ccc(C)cc3c2C(=O)C2CC2)cc1. The van der Waals surface area contributed by atoms with Crippen LogP contribution in [0.4, 0.5) is 0 Å². The quantitative estimate of drug-likeness (QED) is 0.707. The number of ether oxygens (including phenoxy) is 1. The fraction of sp³-hybridized carbons (Fsp3) is 0.250. The molecule has 1 fully saturated rings. The van der Waals surface area contributed by atoms with Gasteiger partial charge in [-0.1, -0.05) is 11.6 Å². The van der Waals surface area contributed by atoms with Crippen LogP contribution in [0.3, 0.4) is 0 Å². The zero-order valence-electron chi connectivity index (χ0n) is 13.3. The van der Waals surface area contributed by atoms with Crippen molar-refractivity contribution in [2.75, 3.05) is 7.11 Å². The van der Waals surface area contributed by atoms with Gasteiger partial charge in [0.1, 0.15) is 5.75 Å². The van der Waals surface area contributed by atoms with E-state index in [1.165, 1.54) is 5.56 Å². The summed E-state index contributed by atoms with van der Waals surface area (Å²) in [4.78, 5) is 16.3. The molecule has 0 atom stereocenters. The third-order valence-corrected chi connectivity index (χ3v) is 4.53. The lowest BCUT2D eigenvalue weighted by Crippen LogP contribution is -2.02. The van der Waals surface area contributed by atoms with Gasteiger partial charge in [0.2, 0.25) is 0 Å². The van der Waals surface area contributed by atoms with Gasteiger partial charge in [-0.2, -0.15) is 0 Å². The Hall–Kier alpha value is -2.55. The number of carbonyl (C=O) groups is 1. The van der Waals surface area contributed by atoms with Crippen molar-refractivity contribution in [1.29, 1.82) is 0 Å². The number of aromatic amines is 1. The van der Waals surface area contributed by atoms with Crippen LogP contribution < -0.4 is 4.74 Å². The van der Waals surface area contributed by atoms with Crippen molar-refractivity contribution >= 4 is 16.7 Å². The zero-order chi connectivity index (χ0) is 16.0. The van der Waals surface area contributed by atoms with Crippen molar-refractivity contribution in [1.82, 2.24) is 4.98 Å². The Balaban J connectivity index is 1.93. The van der Waals surface area contributed by atoms with E-state index in [1.807, 2.05) is 24.3 Å². The molecule has 1 aliphatic carbocycles. The molecule has 0 bridgehead atoms. The number of nitrogens with one attached hydrogen (secondary N) is 1. The highest BCUT2D eigenvalue weighted by Gasteiger charge is 2.33. The van der Waals surface area contributed by atoms with Crippen molar-refractivity contribution in [2.45, 2.75) is 19.8 Å². The summed E-state index contributed by atoms with van der Waals surface area (Å²) >= 11 is 0. The first kappa shape index (κ1) is 14.1. The van der Waals surface area contributed by atoms with Gasteiger partial charge in [-0.15, -0.1) is 0 Å². The normalized spacial score (nSPS) is 14.2. The Morgan fingerprint density at radius 3 is 2.52 bits per heavy atom. The highest BCUT2D eigenvalue weighted by Crippen LogP contribution is 2.39. The number of methoxy groups -OCH3 is 1. The van der Waals surface area contributed by atoms with Crippen LogP contribution in [0.5, 0.6) is 5.75 Å². The van der Waals surface area contributed by atoms with Crippen LogP contribution >= 0.6 is 0 Å². The fourth-order valence-corrected chi connectivity index (χ4v) is 3.09. The summed E-state index contributed by atoms with van der Waals surface area (Å²) in [6.07, 6.45) is 2.03. The maximum absolute atomic E-state index is 12.9. The third-order valence-electron chi connectivity index (χ3n) is 4.53. The molecule has 1 saturated carbocycles. The smallest absolute Gasteiger partial charge is 0.168 e. The number of aromatic nitrogens is 1. The molecule has 0 aliphatic heterocycles. The lowest BCUT2D eigenvalue weighted by atomic mass is 9.98. The molecule has 3 heteroatoms. The summed E-state index contributed by atoms with van der Waals surface area (Å²) < 4.78 is 5.23. The minimum Gasteiger partial charge on any atom is -0.497 e. The summed E-state index contributed by atoms with van der Waals surface area (Å²) in [5, 5.41) is 1.03. The summed E-state index contributed by atoms with van der Waals surface area (Å²) in [6, 6.07) is 14.1. The summed E-state index contributed by atoms with van der Waals surface area (Å²) in [5.41, 5.74) is 4.97. The highest BCUT2D eigenvalue weighted by atomic mass is 16.5. The molecule has 0 unspecified atom stereocenters. The van der Waals surface area contributed by atoms with E-state index in [0.29, 0.717) is 0 Å². The molecule has 1 aliphatic rings. The van der Waals surface area contributed by atoms with Crippen LogP contribution in [0, 0.1) is 12.8 Å². The minimum atomic E-state index is 0.200. The topological polar surface area (TPSA) is 42.1 Å². The van der Waals surface area contributed by atoms with Crippen LogP contribution in [0.15, 0.2) is 42.5 Å². The van der Waals surface area contributed by atoms with E-state index < -0.39 is 0 Å². The average molecular weight is 305 g/mol. The van der Waals surface area contributed by atoms with Crippen LogP contribution in [-0.2, 0) is 0 Å². The van der Waals surface area contributed by atoms with Crippen LogP contribution in [-0.4, -0.2) is 17.9 Å². The number of rotatable bonds is 4. The van der Waals surface area contributed by atoms with Gasteiger partial charge in [0.25, 0.3) is 0 Å². The van der Waals surface area contributed by atoms with Crippen molar-refractivity contribution in [3.05, 3.63) is 53.6 Å². The van der Waals surface area contributed by atoms with Crippen molar-refractivity contribution in [3.63, 3.8) is 0 Å². The lowest BCUT2D eigenvalue weighted by Gasteiger charge is -2.05. The van der Waals surface area contributed by atoms with Gasteiger partial charge in [0, 0.05) is 16.8 Å². The number of aryl methyl sites for hydroxylation is 1. The van der Waals surface area contributed by atoms with Crippen LogP contribution in [0.25, 0.3) is 22.2 Å². The monoisotopic (exact) mass is 305 g/mol. The van der Waals surface area contributed by atoms with Crippen molar-refractivity contribution in [2.24, 2.45) is 5.92 Å². The largest absolute Gasteiger partial charge is 0.497 e. The van der Waals surface area contributed by atoms with E-state index >= 15 is 0 Å². The van der Waals surface area contributed by atoms with E-state index in [-0.39, 0.29) is 11.7 Å². The highest BCUT2D eigenvalue weighted by molar-refractivity contribution is 6.15. The molecular formula is C20H19NO2. The first-order valence-electron chi connectivity index (χ1n) is 7.98. The van der Waals surface area contributed by atoms with Gasteiger partial charge in [0.15, 0.2) is 5.78 Å². The molecule has 1 heterocycles. The number of benzene rings is 2. The van der Waals surface area contributed by atoms with E-state index in [0.717, 1.165) is 46.3 Å². The Kier molecular flexibility index (Phi) is 3.22. The van der Waals surface area contributed by atoms with Gasteiger partial charge in [-0.05, 0) is 61.7 Å². The molecule has 3 nitrogen and oxygen atoms in total. The average Bonchev–Trinajstić information content (AvgIpc) is 3.35. The molecule has 0 spiro atoms. The standard InChI is InChI=1S/C20H19NO2/c1-12-3-10-17-16(11-12)18(20(22)14-4-5-14)19(21-17)13-6-8-15(23-2)9-7-13/h3,6-11,14,21H,4-5H2,1-2H3. The first-order chi connectivity index (χ1) is 11.2. The van der Waals surface area contributed by atoms with E-state index in [4.69, 9.17) is 4.74 Å². The molecule has 23 heavy (non-hydrogen) atoms. The second kappa shape index (κ2) is 5.27. The van der Waals surface area contributed by atoms with Gasteiger partial charge in [-0.25, -0.2) is 0 Å². The summed E-state index contributed by atoms with van der Waals surface area (Å²) in [5.74, 6) is 1.29. The lowest BCUT2D eigenvalue weighted by molar-refractivity contribution is 0.0970. The first-order valence-corrected chi connectivity index (χ1v) is 7.98. The Bertz CT molecular complexity index is 886. The second-order valence-electron chi connectivity index (χ2n) is 6.29. The van der Waals surface area contributed by atoms with Crippen molar-refractivity contribution in [3.8, 4) is 17.0 Å². The molecule has 0 amide bonds. The van der Waals surface area contributed by atoms with Crippen LogP contribution in [0.2, 0.25) is 0 Å². The van der Waals surface area contributed by atoms with Gasteiger partial charge < -0.3 is 9.72 Å². The molecule has 0 radical (unpaired) electrons. The molecule has 116 valence electrons. The Labute approximate surface area is 135 Å². The fourth-order valence-electron chi connectivity index (χ4n) is 3.09. The number of H-pyrrole nitrogens is 1. The predicted octanol–water partition coefficient (Wildman–Crippen LogP) is 4.74. The molecule has 3 aromatic rings. The maximum Gasteiger partial charge on any atom is 0.168 e. The number of hydrogen-bond donors (Lipinski definition) is 1. The number of ketones is 1. The molecule has 0 saturated heterocycles. The van der Waals surface area contributed by atoms with Gasteiger partial charge in [0.05, 0.1) is 18.4 Å². The number of Topliss-reactive ketones (excluding diaryl/α,β-unsaturated/α-hetero) is 1. The molecule has 1 aromatic heterocycles. The number of hydrogen-bond acceptors (Lipinski definition) is 2. The third kappa shape index (κ3) is 2.42. The molecule has 1 N–H and O–H groups in total. The van der Waals surface area contributed by atoms with Crippen molar-refractivity contribution < 1.29 is 9.53 Å². The maximum atomic E-state index is 12.9. The summed E-state index contributed by atoms with van der Waals surface area (Å²) in [6.45, 7) is 2.06.